The number of esters is 1. The molecule has 8 heteroatoms. The first-order valence-electron chi connectivity index (χ1n) is 9.94. The van der Waals surface area contributed by atoms with E-state index in [1.807, 2.05) is 0 Å². The fourth-order valence-electron chi connectivity index (χ4n) is 3.20. The molecular formula is C23H26F2O6. The van der Waals surface area contributed by atoms with E-state index in [1.165, 1.54) is 12.1 Å². The SMILES string of the molecule is CC1(C)OC[C@H]([C@H](OCc2ccccc2)C(F)(F)[C@H](O)COC(=O)c2ccccc2)O1. The van der Waals surface area contributed by atoms with Gasteiger partial charge < -0.3 is 24.1 Å². The maximum Gasteiger partial charge on any atom is 0.338 e. The van der Waals surface area contributed by atoms with E-state index in [-0.39, 0.29) is 18.8 Å². The monoisotopic (exact) mass is 436 g/mol. The molecule has 1 saturated heterocycles. The van der Waals surface area contributed by atoms with Crippen LogP contribution in [0.2, 0.25) is 0 Å². The maximum atomic E-state index is 15.2. The van der Waals surface area contributed by atoms with Crippen molar-refractivity contribution in [2.24, 2.45) is 0 Å². The van der Waals surface area contributed by atoms with Crippen molar-refractivity contribution in [2.45, 2.75) is 50.5 Å². The van der Waals surface area contributed by atoms with E-state index >= 15 is 8.78 Å². The summed E-state index contributed by atoms with van der Waals surface area (Å²) < 4.78 is 51.9. The Labute approximate surface area is 179 Å². The summed E-state index contributed by atoms with van der Waals surface area (Å²) in [5.41, 5.74) is 0.885. The van der Waals surface area contributed by atoms with Gasteiger partial charge in [0.2, 0.25) is 0 Å². The maximum absolute atomic E-state index is 15.2. The lowest BCUT2D eigenvalue weighted by Crippen LogP contribution is -2.54. The predicted octanol–water partition coefficient (Wildman–Crippen LogP) is 3.58. The van der Waals surface area contributed by atoms with Gasteiger partial charge in [-0.05, 0) is 31.5 Å². The van der Waals surface area contributed by atoms with Crippen LogP contribution in [-0.4, -0.2) is 54.3 Å². The number of benzene rings is 2. The molecule has 168 valence electrons. The quantitative estimate of drug-likeness (QED) is 0.606. The van der Waals surface area contributed by atoms with Crippen LogP contribution in [0, 0.1) is 0 Å². The second-order valence-electron chi connectivity index (χ2n) is 7.74. The van der Waals surface area contributed by atoms with Crippen molar-refractivity contribution in [1.82, 2.24) is 0 Å². The summed E-state index contributed by atoms with van der Waals surface area (Å²) in [6.45, 7) is 2.08. The summed E-state index contributed by atoms with van der Waals surface area (Å²) in [7, 11) is 0. The Morgan fingerprint density at radius 3 is 2.35 bits per heavy atom. The molecular weight excluding hydrogens is 410 g/mol. The zero-order chi connectivity index (χ0) is 22.5. The minimum absolute atomic E-state index is 0.113. The van der Waals surface area contributed by atoms with Crippen LogP contribution in [0.3, 0.4) is 0 Å². The molecule has 2 aromatic rings. The highest BCUT2D eigenvalue weighted by molar-refractivity contribution is 5.89. The van der Waals surface area contributed by atoms with Crippen molar-refractivity contribution >= 4 is 5.97 Å². The van der Waals surface area contributed by atoms with Crippen LogP contribution in [0.5, 0.6) is 0 Å². The van der Waals surface area contributed by atoms with Gasteiger partial charge in [0.15, 0.2) is 18.0 Å². The summed E-state index contributed by atoms with van der Waals surface area (Å²) in [6, 6.07) is 16.7. The van der Waals surface area contributed by atoms with E-state index in [1.54, 1.807) is 62.4 Å². The predicted molar refractivity (Wildman–Crippen MR) is 108 cm³/mol. The van der Waals surface area contributed by atoms with Gasteiger partial charge in [0.25, 0.3) is 0 Å². The highest BCUT2D eigenvalue weighted by Gasteiger charge is 2.55. The van der Waals surface area contributed by atoms with Crippen molar-refractivity contribution in [3.05, 3.63) is 71.8 Å². The summed E-state index contributed by atoms with van der Waals surface area (Å²) >= 11 is 0. The number of ether oxygens (including phenoxy) is 4. The highest BCUT2D eigenvalue weighted by atomic mass is 19.3. The van der Waals surface area contributed by atoms with Crippen LogP contribution in [0.1, 0.15) is 29.8 Å². The summed E-state index contributed by atoms with van der Waals surface area (Å²) in [4.78, 5) is 12.0. The molecule has 2 aromatic carbocycles. The molecule has 1 fully saturated rings. The highest BCUT2D eigenvalue weighted by Crippen LogP contribution is 2.35. The molecule has 0 saturated carbocycles. The van der Waals surface area contributed by atoms with E-state index in [0.717, 1.165) is 0 Å². The van der Waals surface area contributed by atoms with Crippen LogP contribution in [0.4, 0.5) is 8.78 Å². The third kappa shape index (κ3) is 6.07. The summed E-state index contributed by atoms with van der Waals surface area (Å²) in [5.74, 6) is -5.64. The molecule has 0 unspecified atom stereocenters. The smallest absolute Gasteiger partial charge is 0.338 e. The summed E-state index contributed by atoms with van der Waals surface area (Å²) in [5, 5.41) is 10.2. The topological polar surface area (TPSA) is 74.2 Å². The van der Waals surface area contributed by atoms with Crippen molar-refractivity contribution in [3.8, 4) is 0 Å². The van der Waals surface area contributed by atoms with Crippen LogP contribution < -0.4 is 0 Å². The molecule has 0 aromatic heterocycles. The second-order valence-corrected chi connectivity index (χ2v) is 7.74. The number of hydrogen-bond acceptors (Lipinski definition) is 6. The molecule has 1 aliphatic rings. The number of halogens is 2. The molecule has 0 radical (unpaired) electrons. The molecule has 1 aliphatic heterocycles. The van der Waals surface area contributed by atoms with Crippen molar-refractivity contribution in [3.63, 3.8) is 0 Å². The van der Waals surface area contributed by atoms with Gasteiger partial charge in [0.05, 0.1) is 18.8 Å². The Morgan fingerprint density at radius 2 is 1.77 bits per heavy atom. The molecule has 1 N–H and O–H groups in total. The fraction of sp³-hybridized carbons (Fsp3) is 0.435. The number of carbonyl (C=O) groups excluding carboxylic acids is 1. The van der Waals surface area contributed by atoms with Gasteiger partial charge in [-0.2, -0.15) is 0 Å². The molecule has 0 aliphatic carbocycles. The molecule has 0 spiro atoms. The Kier molecular flexibility index (Phi) is 7.38. The summed E-state index contributed by atoms with van der Waals surface area (Å²) in [6.07, 6.45) is -5.23. The van der Waals surface area contributed by atoms with Gasteiger partial charge in [-0.25, -0.2) is 13.6 Å². The molecule has 31 heavy (non-hydrogen) atoms. The van der Waals surface area contributed by atoms with Crippen molar-refractivity contribution in [2.75, 3.05) is 13.2 Å². The largest absolute Gasteiger partial charge is 0.459 e. The van der Waals surface area contributed by atoms with Gasteiger partial charge in [-0.1, -0.05) is 48.5 Å². The van der Waals surface area contributed by atoms with E-state index in [0.29, 0.717) is 5.56 Å². The Bertz CT molecular complexity index is 844. The van der Waals surface area contributed by atoms with Gasteiger partial charge in [0.1, 0.15) is 12.7 Å². The van der Waals surface area contributed by atoms with Crippen molar-refractivity contribution < 1.29 is 37.6 Å². The number of hydrogen-bond donors (Lipinski definition) is 1. The molecule has 6 nitrogen and oxygen atoms in total. The van der Waals surface area contributed by atoms with Gasteiger partial charge in [-0.3, -0.25) is 0 Å². The first-order valence-corrected chi connectivity index (χ1v) is 9.94. The lowest BCUT2D eigenvalue weighted by atomic mass is 10.0. The molecule has 3 atom stereocenters. The Hall–Kier alpha value is -2.39. The van der Waals surface area contributed by atoms with Gasteiger partial charge in [-0.15, -0.1) is 0 Å². The molecule has 3 rings (SSSR count). The first-order chi connectivity index (χ1) is 14.7. The van der Waals surface area contributed by atoms with Crippen LogP contribution >= 0.6 is 0 Å². The lowest BCUT2D eigenvalue weighted by molar-refractivity contribution is -0.242. The van der Waals surface area contributed by atoms with Crippen LogP contribution in [0.25, 0.3) is 0 Å². The fourth-order valence-corrected chi connectivity index (χ4v) is 3.20. The second kappa shape index (κ2) is 9.82. The van der Waals surface area contributed by atoms with E-state index in [2.05, 4.69) is 0 Å². The van der Waals surface area contributed by atoms with Crippen molar-refractivity contribution in [1.29, 1.82) is 0 Å². The Balaban J connectivity index is 1.69. The third-order valence-electron chi connectivity index (χ3n) is 4.85. The minimum atomic E-state index is -3.78. The van der Waals surface area contributed by atoms with E-state index in [9.17, 15) is 9.90 Å². The number of aliphatic hydroxyl groups excluding tert-OH is 1. The van der Waals surface area contributed by atoms with Crippen LogP contribution in [-0.2, 0) is 25.6 Å². The van der Waals surface area contributed by atoms with Gasteiger partial charge >= 0.3 is 11.9 Å². The standard InChI is InChI=1S/C23H26F2O6/c1-22(2)30-14-18(31-22)20(28-13-16-9-5-3-6-10-16)23(24,25)19(26)15-29-21(27)17-11-7-4-8-12-17/h3-12,18-20,26H,13-15H2,1-2H3/t18-,19-,20+/m1/s1. The van der Waals surface area contributed by atoms with E-state index in [4.69, 9.17) is 18.9 Å². The third-order valence-corrected chi connectivity index (χ3v) is 4.85. The first kappa shape index (κ1) is 23.3. The zero-order valence-electron chi connectivity index (χ0n) is 17.4. The average Bonchev–Trinajstić information content (AvgIpc) is 3.12. The van der Waals surface area contributed by atoms with Crippen LogP contribution in [0.15, 0.2) is 60.7 Å². The van der Waals surface area contributed by atoms with E-state index < -0.39 is 42.6 Å². The van der Waals surface area contributed by atoms with Gasteiger partial charge in [0, 0.05) is 0 Å². The Morgan fingerprint density at radius 1 is 1.16 bits per heavy atom. The normalized spacial score (nSPS) is 20.2. The molecule has 0 bridgehead atoms. The zero-order valence-corrected chi connectivity index (χ0v) is 17.4. The number of rotatable bonds is 9. The minimum Gasteiger partial charge on any atom is -0.459 e. The number of carbonyl (C=O) groups is 1. The molecule has 0 amide bonds. The molecule has 1 heterocycles. The average molecular weight is 436 g/mol. The number of alkyl halides is 2. The lowest BCUT2D eigenvalue weighted by Gasteiger charge is -2.33. The number of aliphatic hydroxyl groups is 1.